The van der Waals surface area contributed by atoms with Gasteiger partial charge in [-0.05, 0) is 24.8 Å². The smallest absolute Gasteiger partial charge is 0.387 e. The lowest BCUT2D eigenvalue weighted by Gasteiger charge is -2.52. The van der Waals surface area contributed by atoms with Crippen LogP contribution < -0.4 is 5.56 Å². The molecule has 2 aliphatic rings. The molecule has 2 atom stereocenters. The van der Waals surface area contributed by atoms with Crippen molar-refractivity contribution in [3.63, 3.8) is 0 Å². The van der Waals surface area contributed by atoms with E-state index < -0.39 is 35.4 Å². The summed E-state index contributed by atoms with van der Waals surface area (Å²) in [6.07, 6.45) is -1.18. The van der Waals surface area contributed by atoms with Crippen LogP contribution in [0.4, 0.5) is 13.2 Å². The molecule has 1 saturated heterocycles. The van der Waals surface area contributed by atoms with Gasteiger partial charge in [-0.2, -0.15) is 13.2 Å². The third-order valence-corrected chi connectivity index (χ3v) is 8.39. The minimum Gasteiger partial charge on any atom is -0.387 e. The Morgan fingerprint density at radius 1 is 1.10 bits per heavy atom. The molecule has 39 heavy (non-hydrogen) atoms. The van der Waals surface area contributed by atoms with Crippen molar-refractivity contribution in [2.75, 3.05) is 27.2 Å². The highest BCUT2D eigenvalue weighted by atomic mass is 19.4. The number of likely N-dealkylation sites (tertiary alicyclic amines) is 1. The van der Waals surface area contributed by atoms with Crippen LogP contribution in [0.5, 0.6) is 0 Å². The van der Waals surface area contributed by atoms with Crippen LogP contribution in [0, 0.1) is 11.3 Å². The Bertz CT molecular complexity index is 1270. The maximum absolute atomic E-state index is 13.3. The van der Waals surface area contributed by atoms with Crippen LogP contribution in [-0.2, 0) is 11.3 Å². The molecule has 0 radical (unpaired) electrons. The van der Waals surface area contributed by atoms with Gasteiger partial charge in [-0.3, -0.25) is 14.4 Å². The molecular formula is C29H36F3N3O4. The first-order valence-corrected chi connectivity index (χ1v) is 13.3. The molecule has 2 aromatic rings. The summed E-state index contributed by atoms with van der Waals surface area (Å²) < 4.78 is 40.2. The lowest BCUT2D eigenvalue weighted by Crippen LogP contribution is -2.62. The van der Waals surface area contributed by atoms with E-state index in [9.17, 15) is 32.7 Å². The molecule has 4 rings (SSSR count). The Balaban J connectivity index is 1.67. The predicted molar refractivity (Wildman–Crippen MR) is 141 cm³/mol. The molecule has 1 spiro atoms. The average Bonchev–Trinajstić information content (AvgIpc) is 3.35. The standard InChI is InChI=1S/C29H36F3N3O4/c1-20(16-29(30,31)32)25(37)34-14-13-28(39,27(18-34)11-7-8-12-27)19-35-17-23(26(38)33(2)3)22(15-24(35)36)21-9-5-4-6-10-21/h4-6,9-10,15,17,20,39H,7-8,11-14,16,18-19H2,1-3H3/t20?,28-/m1/s1. The number of hydrogen-bond donors (Lipinski definition) is 1. The zero-order valence-corrected chi connectivity index (χ0v) is 22.6. The number of halogens is 3. The minimum atomic E-state index is -4.44. The Morgan fingerprint density at radius 3 is 2.33 bits per heavy atom. The van der Waals surface area contributed by atoms with Gasteiger partial charge in [0.05, 0.1) is 24.1 Å². The van der Waals surface area contributed by atoms with Crippen LogP contribution in [0.2, 0.25) is 0 Å². The van der Waals surface area contributed by atoms with E-state index in [4.69, 9.17) is 0 Å². The highest BCUT2D eigenvalue weighted by molar-refractivity contribution is 6.00. The quantitative estimate of drug-likeness (QED) is 0.584. The Morgan fingerprint density at radius 2 is 1.74 bits per heavy atom. The average molecular weight is 548 g/mol. The van der Waals surface area contributed by atoms with Gasteiger partial charge in [-0.1, -0.05) is 50.1 Å². The van der Waals surface area contributed by atoms with E-state index in [-0.39, 0.29) is 37.5 Å². The zero-order valence-electron chi connectivity index (χ0n) is 22.6. The van der Waals surface area contributed by atoms with Gasteiger partial charge < -0.3 is 19.5 Å². The van der Waals surface area contributed by atoms with Crippen LogP contribution in [0.25, 0.3) is 11.1 Å². The van der Waals surface area contributed by atoms with Crippen molar-refractivity contribution in [3.05, 3.63) is 58.5 Å². The Hall–Kier alpha value is -3.14. The first-order chi connectivity index (χ1) is 18.3. The van der Waals surface area contributed by atoms with Crippen molar-refractivity contribution in [1.29, 1.82) is 0 Å². The van der Waals surface area contributed by atoms with Gasteiger partial charge in [0, 0.05) is 56.3 Å². The van der Waals surface area contributed by atoms with E-state index in [0.717, 1.165) is 18.4 Å². The number of benzene rings is 1. The third-order valence-electron chi connectivity index (χ3n) is 8.39. The number of carbonyl (C=O) groups excluding carboxylic acids is 2. The summed E-state index contributed by atoms with van der Waals surface area (Å²) in [5, 5.41) is 12.1. The third kappa shape index (κ3) is 5.90. The Kier molecular flexibility index (Phi) is 7.98. The number of nitrogens with zero attached hydrogens (tertiary/aromatic N) is 3. The second kappa shape index (κ2) is 10.8. The van der Waals surface area contributed by atoms with E-state index >= 15 is 0 Å². The van der Waals surface area contributed by atoms with Gasteiger partial charge in [-0.25, -0.2) is 0 Å². The summed E-state index contributed by atoms with van der Waals surface area (Å²) >= 11 is 0. The lowest BCUT2D eigenvalue weighted by atomic mass is 9.65. The first kappa shape index (κ1) is 28.9. The molecule has 2 amide bonds. The number of aliphatic hydroxyl groups is 1. The van der Waals surface area contributed by atoms with Crippen LogP contribution in [0.3, 0.4) is 0 Å². The normalized spacial score (nSPS) is 21.7. The number of carbonyl (C=O) groups is 2. The molecule has 1 unspecified atom stereocenters. The summed E-state index contributed by atoms with van der Waals surface area (Å²) in [6, 6.07) is 10.5. The number of piperidine rings is 1. The van der Waals surface area contributed by atoms with Gasteiger partial charge >= 0.3 is 6.18 Å². The highest BCUT2D eigenvalue weighted by Crippen LogP contribution is 2.52. The van der Waals surface area contributed by atoms with Gasteiger partial charge in [0.2, 0.25) is 5.91 Å². The van der Waals surface area contributed by atoms with Crippen molar-refractivity contribution in [2.45, 2.75) is 63.8 Å². The van der Waals surface area contributed by atoms with Gasteiger partial charge in [0.15, 0.2) is 0 Å². The van der Waals surface area contributed by atoms with E-state index in [1.165, 1.54) is 33.6 Å². The molecule has 1 aromatic carbocycles. The molecule has 1 saturated carbocycles. The number of rotatable bonds is 6. The van der Waals surface area contributed by atoms with Crippen LogP contribution in [-0.4, -0.2) is 70.3 Å². The van der Waals surface area contributed by atoms with Crippen molar-refractivity contribution < 1.29 is 27.9 Å². The first-order valence-electron chi connectivity index (χ1n) is 13.3. The summed E-state index contributed by atoms with van der Waals surface area (Å²) in [7, 11) is 3.25. The summed E-state index contributed by atoms with van der Waals surface area (Å²) in [5.41, 5.74) is -0.951. The monoisotopic (exact) mass is 547 g/mol. The molecule has 0 bridgehead atoms. The molecule has 1 N–H and O–H groups in total. The maximum atomic E-state index is 13.3. The van der Waals surface area contributed by atoms with Crippen LogP contribution in [0.15, 0.2) is 47.4 Å². The molecule has 212 valence electrons. The molecule has 2 heterocycles. The molecule has 2 fully saturated rings. The Labute approximate surface area is 226 Å². The van der Waals surface area contributed by atoms with Crippen molar-refractivity contribution >= 4 is 11.8 Å². The van der Waals surface area contributed by atoms with E-state index in [2.05, 4.69) is 0 Å². The maximum Gasteiger partial charge on any atom is 0.389 e. The highest BCUT2D eigenvalue weighted by Gasteiger charge is 2.56. The lowest BCUT2D eigenvalue weighted by molar-refractivity contribution is -0.172. The van der Waals surface area contributed by atoms with E-state index in [1.807, 2.05) is 30.3 Å². The number of alkyl halides is 3. The fraction of sp³-hybridized carbons (Fsp3) is 0.552. The number of aromatic nitrogens is 1. The fourth-order valence-corrected chi connectivity index (χ4v) is 6.28. The topological polar surface area (TPSA) is 82.8 Å². The SMILES string of the molecule is CC(CC(F)(F)F)C(=O)N1CC[C@@](O)(Cn2cc(C(=O)N(C)C)c(-c3ccccc3)cc2=O)C2(CCCC2)C1. The molecule has 10 heteroatoms. The van der Waals surface area contributed by atoms with Crippen LogP contribution in [0.1, 0.15) is 55.8 Å². The largest absolute Gasteiger partial charge is 0.389 e. The second-order valence-corrected chi connectivity index (χ2v) is 11.4. The predicted octanol–water partition coefficient (Wildman–Crippen LogP) is 4.33. The fourth-order valence-electron chi connectivity index (χ4n) is 6.28. The second-order valence-electron chi connectivity index (χ2n) is 11.4. The number of amides is 2. The number of pyridine rings is 1. The van der Waals surface area contributed by atoms with E-state index in [1.54, 1.807) is 14.1 Å². The summed E-state index contributed by atoms with van der Waals surface area (Å²) in [5.74, 6) is -2.06. The molecule has 1 aliphatic carbocycles. The molecular weight excluding hydrogens is 511 g/mol. The van der Waals surface area contributed by atoms with Gasteiger partial charge in [0.25, 0.3) is 11.5 Å². The van der Waals surface area contributed by atoms with Gasteiger partial charge in [0.1, 0.15) is 0 Å². The minimum absolute atomic E-state index is 0.0747. The van der Waals surface area contributed by atoms with Crippen molar-refractivity contribution in [2.24, 2.45) is 11.3 Å². The molecule has 1 aromatic heterocycles. The number of hydrogen-bond acceptors (Lipinski definition) is 4. The van der Waals surface area contributed by atoms with Crippen molar-refractivity contribution in [3.8, 4) is 11.1 Å². The van der Waals surface area contributed by atoms with Crippen molar-refractivity contribution in [1.82, 2.24) is 14.4 Å². The van der Waals surface area contributed by atoms with E-state index in [0.29, 0.717) is 24.0 Å². The summed E-state index contributed by atoms with van der Waals surface area (Å²) in [4.78, 5) is 42.3. The molecule has 1 aliphatic heterocycles. The van der Waals surface area contributed by atoms with Gasteiger partial charge in [-0.15, -0.1) is 0 Å². The van der Waals surface area contributed by atoms with Crippen LogP contribution >= 0.6 is 0 Å². The summed E-state index contributed by atoms with van der Waals surface area (Å²) in [6.45, 7) is 1.45. The molecule has 7 nitrogen and oxygen atoms in total. The zero-order chi connectivity index (χ0) is 28.6.